The Bertz CT molecular complexity index is 352. The number of rotatable bonds is 4. The third-order valence-corrected chi connectivity index (χ3v) is 2.10. The minimum Gasteiger partial charge on any atom is -0.321 e. The minimum atomic E-state index is -0.637. The summed E-state index contributed by atoms with van der Waals surface area (Å²) in [4.78, 5) is 15.3. The van der Waals surface area contributed by atoms with Gasteiger partial charge in [-0.25, -0.2) is 4.39 Å². The quantitative estimate of drug-likeness (QED) is 0.770. The van der Waals surface area contributed by atoms with Crippen molar-refractivity contribution >= 4 is 5.78 Å². The number of nitrogens with two attached hydrogens (primary N) is 1. The van der Waals surface area contributed by atoms with Crippen LogP contribution in [0.25, 0.3) is 0 Å². The number of Topliss-reactive ketones (excluding diaryl/α,β-unsaturated/α-hetero) is 1. The molecule has 0 aliphatic heterocycles. The van der Waals surface area contributed by atoms with Crippen LogP contribution in [0.15, 0.2) is 18.5 Å². The zero-order valence-electron chi connectivity index (χ0n) is 8.90. The molecule has 0 bridgehead atoms. The van der Waals surface area contributed by atoms with Gasteiger partial charge in [-0.3, -0.25) is 9.78 Å². The molecule has 0 amide bonds. The monoisotopic (exact) mass is 210 g/mol. The van der Waals surface area contributed by atoms with E-state index in [1.54, 1.807) is 0 Å². The number of hydrogen-bond donors (Lipinski definition) is 1. The number of aromatic nitrogens is 1. The molecule has 0 saturated carbocycles. The van der Waals surface area contributed by atoms with E-state index in [1.807, 2.05) is 13.8 Å². The third kappa shape index (κ3) is 3.09. The lowest BCUT2D eigenvalue weighted by Gasteiger charge is -2.12. The first-order valence-corrected chi connectivity index (χ1v) is 4.91. The van der Waals surface area contributed by atoms with Crippen molar-refractivity contribution in [3.8, 4) is 0 Å². The molecule has 0 fully saturated rings. The molecule has 1 rings (SSSR count). The van der Waals surface area contributed by atoms with Crippen LogP contribution in [-0.4, -0.2) is 16.8 Å². The van der Waals surface area contributed by atoms with Crippen LogP contribution < -0.4 is 5.73 Å². The molecule has 0 aliphatic rings. The van der Waals surface area contributed by atoms with Crippen molar-refractivity contribution in [2.24, 2.45) is 11.7 Å². The summed E-state index contributed by atoms with van der Waals surface area (Å²) in [6, 6.07) is 0.722. The van der Waals surface area contributed by atoms with Gasteiger partial charge in [-0.15, -0.1) is 0 Å². The van der Waals surface area contributed by atoms with Gasteiger partial charge in [0.2, 0.25) is 0 Å². The van der Waals surface area contributed by atoms with E-state index in [0.717, 1.165) is 6.20 Å². The van der Waals surface area contributed by atoms with Crippen LogP contribution in [0.2, 0.25) is 0 Å². The molecule has 0 aromatic carbocycles. The van der Waals surface area contributed by atoms with Crippen LogP contribution in [0, 0.1) is 11.7 Å². The van der Waals surface area contributed by atoms with E-state index in [0.29, 0.717) is 12.3 Å². The largest absolute Gasteiger partial charge is 0.321 e. The van der Waals surface area contributed by atoms with Gasteiger partial charge in [-0.1, -0.05) is 13.8 Å². The lowest BCUT2D eigenvalue weighted by Crippen LogP contribution is -2.32. The molecule has 0 aliphatic carbocycles. The molecule has 1 aromatic heterocycles. The van der Waals surface area contributed by atoms with Crippen LogP contribution in [0.5, 0.6) is 0 Å². The lowest BCUT2D eigenvalue weighted by molar-refractivity contribution is 0.0947. The van der Waals surface area contributed by atoms with Crippen molar-refractivity contribution in [2.45, 2.75) is 26.3 Å². The van der Waals surface area contributed by atoms with Gasteiger partial charge in [0.15, 0.2) is 11.6 Å². The second-order valence-corrected chi connectivity index (χ2v) is 3.96. The summed E-state index contributed by atoms with van der Waals surface area (Å²) in [7, 11) is 0. The van der Waals surface area contributed by atoms with Gasteiger partial charge in [0.25, 0.3) is 0 Å². The molecule has 1 atom stereocenters. The molecule has 0 saturated heterocycles. The molecule has 3 nitrogen and oxygen atoms in total. The van der Waals surface area contributed by atoms with Crippen LogP contribution in [0.1, 0.15) is 30.6 Å². The van der Waals surface area contributed by atoms with E-state index in [9.17, 15) is 9.18 Å². The van der Waals surface area contributed by atoms with E-state index >= 15 is 0 Å². The first kappa shape index (κ1) is 11.8. The van der Waals surface area contributed by atoms with Gasteiger partial charge < -0.3 is 5.73 Å². The van der Waals surface area contributed by atoms with Crippen LogP contribution in [0.4, 0.5) is 4.39 Å². The Labute approximate surface area is 88.5 Å². The Balaban J connectivity index is 2.81. The van der Waals surface area contributed by atoms with Crippen molar-refractivity contribution in [3.05, 3.63) is 29.8 Å². The summed E-state index contributed by atoms with van der Waals surface area (Å²) in [5, 5.41) is 0. The minimum absolute atomic E-state index is 0.0261. The number of ketones is 1. The fraction of sp³-hybridized carbons (Fsp3) is 0.455. The Morgan fingerprint density at radius 2 is 2.27 bits per heavy atom. The van der Waals surface area contributed by atoms with Gasteiger partial charge in [0, 0.05) is 6.20 Å². The Morgan fingerprint density at radius 3 is 2.80 bits per heavy atom. The summed E-state index contributed by atoms with van der Waals surface area (Å²) in [5.41, 5.74) is 5.71. The molecular weight excluding hydrogens is 195 g/mol. The highest BCUT2D eigenvalue weighted by molar-refractivity contribution is 6.00. The molecule has 1 unspecified atom stereocenters. The highest BCUT2D eigenvalue weighted by atomic mass is 19.1. The summed E-state index contributed by atoms with van der Waals surface area (Å²) in [6.45, 7) is 3.94. The van der Waals surface area contributed by atoms with Crippen LogP contribution in [-0.2, 0) is 0 Å². The van der Waals surface area contributed by atoms with Crippen LogP contribution >= 0.6 is 0 Å². The fourth-order valence-corrected chi connectivity index (χ4v) is 1.39. The number of halogens is 1. The average molecular weight is 210 g/mol. The SMILES string of the molecule is CC(C)CC(N)C(=O)c1ccncc1F. The maximum absolute atomic E-state index is 13.2. The smallest absolute Gasteiger partial charge is 0.182 e. The zero-order valence-corrected chi connectivity index (χ0v) is 8.90. The second kappa shape index (κ2) is 4.98. The molecule has 2 N–H and O–H groups in total. The van der Waals surface area contributed by atoms with Crippen molar-refractivity contribution in [2.75, 3.05) is 0 Å². The molecule has 1 aromatic rings. The third-order valence-electron chi connectivity index (χ3n) is 2.10. The van der Waals surface area contributed by atoms with Gasteiger partial charge in [-0.05, 0) is 18.4 Å². The highest BCUT2D eigenvalue weighted by Crippen LogP contribution is 2.11. The number of hydrogen-bond acceptors (Lipinski definition) is 3. The number of pyridine rings is 1. The molecule has 0 spiro atoms. The van der Waals surface area contributed by atoms with Crippen molar-refractivity contribution < 1.29 is 9.18 Å². The lowest BCUT2D eigenvalue weighted by atomic mass is 9.97. The van der Waals surface area contributed by atoms with E-state index in [2.05, 4.69) is 4.98 Å². The van der Waals surface area contributed by atoms with Gasteiger partial charge in [0.05, 0.1) is 17.8 Å². The average Bonchev–Trinajstić information content (AvgIpc) is 2.16. The Hall–Kier alpha value is -1.29. The first-order valence-electron chi connectivity index (χ1n) is 4.91. The standard InChI is InChI=1S/C11H15FN2O/c1-7(2)5-10(13)11(15)8-3-4-14-6-9(8)12/h3-4,6-7,10H,5,13H2,1-2H3. The van der Waals surface area contributed by atoms with E-state index in [4.69, 9.17) is 5.73 Å². The summed E-state index contributed by atoms with van der Waals surface area (Å²) in [5.74, 6) is -0.654. The predicted octanol–water partition coefficient (Wildman–Crippen LogP) is 1.78. The van der Waals surface area contributed by atoms with E-state index in [-0.39, 0.29) is 11.3 Å². The van der Waals surface area contributed by atoms with Gasteiger partial charge in [0.1, 0.15) is 0 Å². The molecule has 82 valence electrons. The highest BCUT2D eigenvalue weighted by Gasteiger charge is 2.19. The van der Waals surface area contributed by atoms with E-state index < -0.39 is 11.9 Å². The number of nitrogens with zero attached hydrogens (tertiary/aromatic N) is 1. The predicted molar refractivity (Wildman–Crippen MR) is 56.0 cm³/mol. The Kier molecular flexibility index (Phi) is 3.91. The van der Waals surface area contributed by atoms with Crippen LogP contribution in [0.3, 0.4) is 0 Å². The summed E-state index contributed by atoms with van der Waals surface area (Å²) < 4.78 is 13.2. The molecule has 1 heterocycles. The fourth-order valence-electron chi connectivity index (χ4n) is 1.39. The maximum atomic E-state index is 13.2. The van der Waals surface area contributed by atoms with Crippen molar-refractivity contribution in [1.29, 1.82) is 0 Å². The number of carbonyl (C=O) groups is 1. The topological polar surface area (TPSA) is 56.0 Å². The Morgan fingerprint density at radius 1 is 1.60 bits per heavy atom. The zero-order chi connectivity index (χ0) is 11.4. The van der Waals surface area contributed by atoms with Crippen molar-refractivity contribution in [3.63, 3.8) is 0 Å². The normalized spacial score (nSPS) is 12.9. The second-order valence-electron chi connectivity index (χ2n) is 3.96. The van der Waals surface area contributed by atoms with Gasteiger partial charge >= 0.3 is 0 Å². The molecule has 4 heteroatoms. The molecule has 15 heavy (non-hydrogen) atoms. The first-order chi connectivity index (χ1) is 7.02. The summed E-state index contributed by atoms with van der Waals surface area (Å²) >= 11 is 0. The number of carbonyl (C=O) groups excluding carboxylic acids is 1. The maximum Gasteiger partial charge on any atom is 0.182 e. The molecule has 0 radical (unpaired) electrons. The van der Waals surface area contributed by atoms with Crippen molar-refractivity contribution in [1.82, 2.24) is 4.98 Å². The van der Waals surface area contributed by atoms with E-state index in [1.165, 1.54) is 12.3 Å². The molecular formula is C11H15FN2O. The summed E-state index contributed by atoms with van der Waals surface area (Å²) in [6.07, 6.45) is 2.97. The van der Waals surface area contributed by atoms with Gasteiger partial charge in [-0.2, -0.15) is 0 Å².